The van der Waals surface area contributed by atoms with Gasteiger partial charge in [-0.25, -0.2) is 19.9 Å². The van der Waals surface area contributed by atoms with Crippen molar-refractivity contribution < 1.29 is 9.53 Å². The van der Waals surface area contributed by atoms with E-state index in [4.69, 9.17) is 10.5 Å². The SMILES string of the molecule is COc1cccc(CN(C)C(=O)Cn2cnc3c(N)ncnc32)n1. The Morgan fingerprint density at radius 2 is 2.17 bits per heavy atom. The first kappa shape index (κ1) is 15.7. The summed E-state index contributed by atoms with van der Waals surface area (Å²) in [5.74, 6) is 0.706. The number of amides is 1. The number of nitrogens with zero attached hydrogens (tertiary/aromatic N) is 6. The molecule has 0 aliphatic carbocycles. The average molecular weight is 327 g/mol. The highest BCUT2D eigenvalue weighted by molar-refractivity contribution is 5.83. The molecule has 0 bridgehead atoms. The Hall–Kier alpha value is -3.23. The number of hydrogen-bond acceptors (Lipinski definition) is 7. The van der Waals surface area contributed by atoms with Gasteiger partial charge in [0.15, 0.2) is 11.5 Å². The third-order valence-corrected chi connectivity index (χ3v) is 3.55. The maximum Gasteiger partial charge on any atom is 0.242 e. The smallest absolute Gasteiger partial charge is 0.242 e. The normalized spacial score (nSPS) is 10.8. The molecular formula is C15H17N7O2. The zero-order valence-corrected chi connectivity index (χ0v) is 13.4. The minimum Gasteiger partial charge on any atom is -0.481 e. The van der Waals surface area contributed by atoms with Crippen molar-refractivity contribution in [3.05, 3.63) is 36.5 Å². The van der Waals surface area contributed by atoms with Crippen LogP contribution in [0.4, 0.5) is 5.82 Å². The van der Waals surface area contributed by atoms with Crippen LogP contribution in [0.5, 0.6) is 5.88 Å². The molecule has 0 aliphatic rings. The molecule has 0 aliphatic heterocycles. The Labute approximate surface area is 138 Å². The molecule has 2 N–H and O–H groups in total. The summed E-state index contributed by atoms with van der Waals surface area (Å²) in [4.78, 5) is 30.5. The van der Waals surface area contributed by atoms with Crippen molar-refractivity contribution in [1.29, 1.82) is 0 Å². The van der Waals surface area contributed by atoms with Crippen molar-refractivity contribution in [3.63, 3.8) is 0 Å². The van der Waals surface area contributed by atoms with Gasteiger partial charge >= 0.3 is 0 Å². The summed E-state index contributed by atoms with van der Waals surface area (Å²) < 4.78 is 6.73. The van der Waals surface area contributed by atoms with E-state index in [-0.39, 0.29) is 12.5 Å². The molecule has 24 heavy (non-hydrogen) atoms. The molecule has 0 saturated carbocycles. The summed E-state index contributed by atoms with van der Waals surface area (Å²) in [6, 6.07) is 5.43. The van der Waals surface area contributed by atoms with E-state index in [9.17, 15) is 4.79 Å². The fourth-order valence-electron chi connectivity index (χ4n) is 2.27. The van der Waals surface area contributed by atoms with Gasteiger partial charge in [0.2, 0.25) is 11.8 Å². The number of anilines is 1. The van der Waals surface area contributed by atoms with Crippen LogP contribution in [0, 0.1) is 0 Å². The summed E-state index contributed by atoms with van der Waals surface area (Å²) in [6.07, 6.45) is 2.88. The summed E-state index contributed by atoms with van der Waals surface area (Å²) in [7, 11) is 3.27. The molecule has 0 unspecified atom stereocenters. The maximum absolute atomic E-state index is 12.4. The van der Waals surface area contributed by atoms with Crippen molar-refractivity contribution in [3.8, 4) is 5.88 Å². The van der Waals surface area contributed by atoms with Crippen LogP contribution in [0.15, 0.2) is 30.9 Å². The lowest BCUT2D eigenvalue weighted by molar-refractivity contribution is -0.131. The molecule has 0 saturated heterocycles. The van der Waals surface area contributed by atoms with E-state index in [1.165, 1.54) is 12.7 Å². The van der Waals surface area contributed by atoms with Crippen LogP contribution in [-0.2, 0) is 17.9 Å². The number of nitrogens with two attached hydrogens (primary N) is 1. The molecule has 3 rings (SSSR count). The molecule has 9 nitrogen and oxygen atoms in total. The van der Waals surface area contributed by atoms with E-state index in [1.54, 1.807) is 29.7 Å². The van der Waals surface area contributed by atoms with Gasteiger partial charge in [-0.1, -0.05) is 6.07 Å². The molecule has 3 aromatic rings. The summed E-state index contributed by atoms with van der Waals surface area (Å²) >= 11 is 0. The van der Waals surface area contributed by atoms with Crippen molar-refractivity contribution >= 4 is 22.9 Å². The van der Waals surface area contributed by atoms with Crippen molar-refractivity contribution in [2.24, 2.45) is 0 Å². The van der Waals surface area contributed by atoms with Gasteiger partial charge in [-0.2, -0.15) is 0 Å². The number of nitrogen functional groups attached to an aromatic ring is 1. The number of pyridine rings is 1. The lowest BCUT2D eigenvalue weighted by atomic mass is 10.3. The molecule has 0 atom stereocenters. The summed E-state index contributed by atoms with van der Waals surface area (Å²) in [5, 5.41) is 0. The third kappa shape index (κ3) is 3.09. The van der Waals surface area contributed by atoms with E-state index in [0.717, 1.165) is 5.69 Å². The third-order valence-electron chi connectivity index (χ3n) is 3.55. The Kier molecular flexibility index (Phi) is 4.23. The van der Waals surface area contributed by atoms with E-state index in [1.807, 2.05) is 12.1 Å². The second-order valence-corrected chi connectivity index (χ2v) is 5.22. The van der Waals surface area contributed by atoms with E-state index in [0.29, 0.717) is 29.4 Å². The molecule has 9 heteroatoms. The van der Waals surface area contributed by atoms with Crippen LogP contribution in [0.3, 0.4) is 0 Å². The molecule has 0 aromatic carbocycles. The Balaban J connectivity index is 1.72. The van der Waals surface area contributed by atoms with Crippen molar-refractivity contribution in [1.82, 2.24) is 29.4 Å². The number of rotatable bonds is 5. The minimum atomic E-state index is -0.101. The van der Waals surface area contributed by atoms with Crippen LogP contribution >= 0.6 is 0 Å². The minimum absolute atomic E-state index is 0.101. The van der Waals surface area contributed by atoms with Crippen LogP contribution in [0.2, 0.25) is 0 Å². The Morgan fingerprint density at radius 3 is 2.96 bits per heavy atom. The first-order valence-electron chi connectivity index (χ1n) is 7.23. The molecule has 3 heterocycles. The largest absolute Gasteiger partial charge is 0.481 e. The number of carbonyl (C=O) groups excluding carboxylic acids is 1. The van der Waals surface area contributed by atoms with E-state index < -0.39 is 0 Å². The van der Waals surface area contributed by atoms with E-state index in [2.05, 4.69) is 19.9 Å². The van der Waals surface area contributed by atoms with Gasteiger partial charge in [-0.3, -0.25) is 4.79 Å². The average Bonchev–Trinajstić information content (AvgIpc) is 2.99. The zero-order valence-electron chi connectivity index (χ0n) is 13.4. The van der Waals surface area contributed by atoms with Gasteiger partial charge in [0, 0.05) is 13.1 Å². The highest BCUT2D eigenvalue weighted by atomic mass is 16.5. The molecule has 0 fully saturated rings. The van der Waals surface area contributed by atoms with Crippen LogP contribution in [0.1, 0.15) is 5.69 Å². The predicted molar refractivity (Wildman–Crippen MR) is 87.0 cm³/mol. The van der Waals surface area contributed by atoms with Gasteiger partial charge in [0.1, 0.15) is 18.4 Å². The van der Waals surface area contributed by atoms with Gasteiger partial charge in [-0.15, -0.1) is 0 Å². The number of carbonyl (C=O) groups is 1. The number of methoxy groups -OCH3 is 1. The Bertz CT molecular complexity index is 877. The van der Waals surface area contributed by atoms with Crippen molar-refractivity contribution in [2.45, 2.75) is 13.1 Å². The monoisotopic (exact) mass is 327 g/mol. The quantitative estimate of drug-likeness (QED) is 0.725. The van der Waals surface area contributed by atoms with Gasteiger partial charge in [-0.05, 0) is 6.07 Å². The highest BCUT2D eigenvalue weighted by Crippen LogP contribution is 2.14. The first-order valence-corrected chi connectivity index (χ1v) is 7.23. The van der Waals surface area contributed by atoms with Gasteiger partial charge < -0.3 is 19.9 Å². The Morgan fingerprint density at radius 1 is 1.33 bits per heavy atom. The number of fused-ring (bicyclic) bond motifs is 1. The second kappa shape index (κ2) is 6.49. The summed E-state index contributed by atoms with van der Waals surface area (Å²) in [5.41, 5.74) is 7.51. The molecule has 124 valence electrons. The number of likely N-dealkylation sites (N-methyl/N-ethyl adjacent to an activating group) is 1. The van der Waals surface area contributed by atoms with Gasteiger partial charge in [0.25, 0.3) is 0 Å². The fraction of sp³-hybridized carbons (Fsp3) is 0.267. The number of aromatic nitrogens is 5. The fourth-order valence-corrected chi connectivity index (χ4v) is 2.27. The first-order chi connectivity index (χ1) is 11.6. The standard InChI is InChI=1S/C15H17N7O2/c1-21(6-10-4-3-5-11(20-10)24-2)12(23)7-22-9-19-13-14(16)17-8-18-15(13)22/h3-5,8-9H,6-7H2,1-2H3,(H2,16,17,18). The number of imidazole rings is 1. The predicted octanol–water partition coefficient (Wildman–Crippen LogP) is 0.471. The van der Waals surface area contributed by atoms with Crippen LogP contribution < -0.4 is 10.5 Å². The molecular weight excluding hydrogens is 310 g/mol. The number of hydrogen-bond donors (Lipinski definition) is 1. The molecule has 0 radical (unpaired) electrons. The van der Waals surface area contributed by atoms with E-state index >= 15 is 0 Å². The summed E-state index contributed by atoms with van der Waals surface area (Å²) in [6.45, 7) is 0.479. The second-order valence-electron chi connectivity index (χ2n) is 5.22. The molecule has 0 spiro atoms. The lowest BCUT2D eigenvalue weighted by Gasteiger charge is -2.17. The maximum atomic E-state index is 12.4. The number of ether oxygens (including phenoxy) is 1. The van der Waals surface area contributed by atoms with Gasteiger partial charge in [0.05, 0.1) is 25.7 Å². The van der Waals surface area contributed by atoms with Crippen LogP contribution in [-0.4, -0.2) is 49.5 Å². The molecule has 3 aromatic heterocycles. The zero-order chi connectivity index (χ0) is 17.1. The van der Waals surface area contributed by atoms with Crippen LogP contribution in [0.25, 0.3) is 11.2 Å². The lowest BCUT2D eigenvalue weighted by Crippen LogP contribution is -2.30. The topological polar surface area (TPSA) is 112 Å². The highest BCUT2D eigenvalue weighted by Gasteiger charge is 2.14. The molecule has 1 amide bonds. The van der Waals surface area contributed by atoms with Crippen molar-refractivity contribution in [2.75, 3.05) is 19.9 Å².